The molecular formula is C10H21IO4Si. The Labute approximate surface area is 112 Å². The highest BCUT2D eigenvalue weighted by Gasteiger charge is 2.43. The molecule has 6 heteroatoms. The summed E-state index contributed by atoms with van der Waals surface area (Å²) in [6.07, 6.45) is 1.17. The van der Waals surface area contributed by atoms with E-state index < -0.39 is 8.80 Å². The molecule has 1 fully saturated rings. The van der Waals surface area contributed by atoms with Gasteiger partial charge in [-0.3, -0.25) is 0 Å². The van der Waals surface area contributed by atoms with Crippen LogP contribution in [0.2, 0.25) is 6.04 Å². The van der Waals surface area contributed by atoms with E-state index in [0.29, 0.717) is 13.2 Å². The Balaban J connectivity index is 2.66. The smallest absolute Gasteiger partial charge is 0.377 e. The molecular weight excluding hydrogens is 339 g/mol. The summed E-state index contributed by atoms with van der Waals surface area (Å²) in [6.45, 7) is 5.25. The maximum Gasteiger partial charge on any atom is 0.501 e. The molecule has 0 aromatic heterocycles. The van der Waals surface area contributed by atoms with Crippen LogP contribution in [0, 0.1) is 0 Å². The van der Waals surface area contributed by atoms with E-state index >= 15 is 0 Å². The Morgan fingerprint density at radius 1 is 1.25 bits per heavy atom. The Morgan fingerprint density at radius 3 is 2.25 bits per heavy atom. The van der Waals surface area contributed by atoms with Crippen molar-refractivity contribution in [2.75, 3.05) is 24.8 Å². The van der Waals surface area contributed by atoms with Gasteiger partial charge in [0.2, 0.25) is 0 Å². The number of hydrogen-bond donors (Lipinski definition) is 0. The summed E-state index contributed by atoms with van der Waals surface area (Å²) in [4.78, 5) is 0. The van der Waals surface area contributed by atoms with Crippen LogP contribution >= 0.6 is 22.6 Å². The third-order valence-corrected chi connectivity index (χ3v) is 6.27. The number of hydrogen-bond acceptors (Lipinski definition) is 4. The molecule has 0 N–H and O–H groups in total. The molecule has 1 saturated heterocycles. The molecule has 0 spiro atoms. The minimum atomic E-state index is -2.47. The van der Waals surface area contributed by atoms with Crippen molar-refractivity contribution < 1.29 is 18.0 Å². The predicted octanol–water partition coefficient (Wildman–Crippen LogP) is 2.24. The van der Waals surface area contributed by atoms with E-state index in [1.807, 2.05) is 13.8 Å². The normalized spacial score (nSPS) is 36.8. The van der Waals surface area contributed by atoms with Crippen LogP contribution in [0.25, 0.3) is 0 Å². The zero-order valence-electron chi connectivity index (χ0n) is 10.2. The van der Waals surface area contributed by atoms with Gasteiger partial charge in [-0.25, -0.2) is 0 Å². The largest absolute Gasteiger partial charge is 0.501 e. The number of alkyl halides is 1. The summed E-state index contributed by atoms with van der Waals surface area (Å²) in [7, 11) is -0.775. The Kier molecular flexibility index (Phi) is 6.75. The van der Waals surface area contributed by atoms with Gasteiger partial charge in [0, 0.05) is 13.2 Å². The first kappa shape index (κ1) is 14.8. The summed E-state index contributed by atoms with van der Waals surface area (Å²) in [6, 6.07) is 0.890. The molecule has 0 radical (unpaired) electrons. The molecule has 0 bridgehead atoms. The molecule has 2 atom stereocenters. The van der Waals surface area contributed by atoms with Crippen molar-refractivity contribution in [3.05, 3.63) is 0 Å². The van der Waals surface area contributed by atoms with Gasteiger partial charge in [-0.15, -0.1) is 0 Å². The highest BCUT2D eigenvalue weighted by molar-refractivity contribution is 14.1. The van der Waals surface area contributed by atoms with E-state index in [-0.39, 0.29) is 12.2 Å². The van der Waals surface area contributed by atoms with Crippen molar-refractivity contribution in [1.82, 2.24) is 0 Å². The van der Waals surface area contributed by atoms with Crippen molar-refractivity contribution in [3.8, 4) is 0 Å². The zero-order valence-corrected chi connectivity index (χ0v) is 13.4. The molecule has 1 aliphatic rings. The van der Waals surface area contributed by atoms with Crippen molar-refractivity contribution in [2.24, 2.45) is 0 Å². The first-order valence-electron chi connectivity index (χ1n) is 5.66. The molecule has 1 aliphatic heterocycles. The van der Waals surface area contributed by atoms with Crippen LogP contribution in [-0.2, 0) is 18.0 Å². The van der Waals surface area contributed by atoms with Gasteiger partial charge in [-0.05, 0) is 24.7 Å². The lowest BCUT2D eigenvalue weighted by molar-refractivity contribution is -0.0674. The third kappa shape index (κ3) is 4.57. The average Bonchev–Trinajstić information content (AvgIpc) is 2.23. The number of ether oxygens (including phenoxy) is 1. The van der Waals surface area contributed by atoms with E-state index in [1.54, 1.807) is 7.11 Å². The topological polar surface area (TPSA) is 36.9 Å². The van der Waals surface area contributed by atoms with Gasteiger partial charge < -0.3 is 18.0 Å². The fourth-order valence-electron chi connectivity index (χ4n) is 1.71. The van der Waals surface area contributed by atoms with E-state index in [9.17, 15) is 0 Å². The molecule has 0 saturated carbocycles. The second-order valence-electron chi connectivity index (χ2n) is 4.07. The fourth-order valence-corrected chi connectivity index (χ4v) is 5.47. The maximum absolute atomic E-state index is 5.97. The second-order valence-corrected chi connectivity index (χ2v) is 7.90. The van der Waals surface area contributed by atoms with Crippen LogP contribution in [0.3, 0.4) is 0 Å². The minimum Gasteiger partial charge on any atom is -0.377 e. The lowest BCUT2D eigenvalue weighted by atomic mass is 10.4. The summed E-state index contributed by atoms with van der Waals surface area (Å²) >= 11 is 2.37. The molecule has 0 aromatic carbocycles. The van der Waals surface area contributed by atoms with Gasteiger partial charge in [0.15, 0.2) is 0 Å². The first-order valence-corrected chi connectivity index (χ1v) is 9.12. The Hall–Kier alpha value is 0.787. The predicted molar refractivity (Wildman–Crippen MR) is 73.0 cm³/mol. The molecule has 0 aromatic rings. The van der Waals surface area contributed by atoms with Crippen molar-refractivity contribution >= 4 is 31.4 Å². The molecule has 0 aliphatic carbocycles. The van der Waals surface area contributed by atoms with Gasteiger partial charge in [0.05, 0.1) is 25.4 Å². The van der Waals surface area contributed by atoms with Gasteiger partial charge >= 0.3 is 8.80 Å². The van der Waals surface area contributed by atoms with Crippen LogP contribution < -0.4 is 0 Å². The first-order chi connectivity index (χ1) is 7.62. The van der Waals surface area contributed by atoms with Crippen molar-refractivity contribution in [1.29, 1.82) is 0 Å². The van der Waals surface area contributed by atoms with Crippen LogP contribution in [0.15, 0.2) is 0 Å². The van der Waals surface area contributed by atoms with Crippen LogP contribution in [0.4, 0.5) is 0 Å². The van der Waals surface area contributed by atoms with Crippen molar-refractivity contribution in [2.45, 2.75) is 38.5 Å². The molecule has 1 rings (SSSR count). The Morgan fingerprint density at radius 2 is 1.81 bits per heavy atom. The molecule has 2 unspecified atom stereocenters. The third-order valence-electron chi connectivity index (χ3n) is 2.39. The standard InChI is InChI=1S/C10H21IO4Si/c1-9-7-13-8-10(2)15-16(12-3,14-9)6-4-5-11/h9-10H,4-8H2,1-3H3. The van der Waals surface area contributed by atoms with Crippen LogP contribution in [0.5, 0.6) is 0 Å². The van der Waals surface area contributed by atoms with Gasteiger partial charge in [0.25, 0.3) is 0 Å². The lowest BCUT2D eigenvalue weighted by Crippen LogP contribution is -2.52. The quantitative estimate of drug-likeness (QED) is 0.438. The highest BCUT2D eigenvalue weighted by atomic mass is 127. The number of rotatable bonds is 4. The zero-order chi connectivity index (χ0) is 12.0. The number of halogens is 1. The Bertz CT molecular complexity index is 193. The molecule has 0 amide bonds. The van der Waals surface area contributed by atoms with Gasteiger partial charge in [-0.1, -0.05) is 22.6 Å². The van der Waals surface area contributed by atoms with E-state index in [1.165, 1.54) is 0 Å². The second kappa shape index (κ2) is 7.27. The van der Waals surface area contributed by atoms with E-state index in [4.69, 9.17) is 18.0 Å². The van der Waals surface area contributed by atoms with Crippen LogP contribution in [-0.4, -0.2) is 45.8 Å². The minimum absolute atomic E-state index is 0.0494. The monoisotopic (exact) mass is 360 g/mol. The highest BCUT2D eigenvalue weighted by Crippen LogP contribution is 2.23. The summed E-state index contributed by atoms with van der Waals surface area (Å²) < 4.78 is 24.1. The summed E-state index contributed by atoms with van der Waals surface area (Å²) in [5.41, 5.74) is 0. The molecule has 1 heterocycles. The molecule has 16 heavy (non-hydrogen) atoms. The van der Waals surface area contributed by atoms with E-state index in [2.05, 4.69) is 22.6 Å². The molecule has 96 valence electrons. The van der Waals surface area contributed by atoms with Gasteiger partial charge in [0.1, 0.15) is 0 Å². The van der Waals surface area contributed by atoms with Crippen molar-refractivity contribution in [3.63, 3.8) is 0 Å². The lowest BCUT2D eigenvalue weighted by Gasteiger charge is -2.35. The van der Waals surface area contributed by atoms with E-state index in [0.717, 1.165) is 16.9 Å². The van der Waals surface area contributed by atoms with Gasteiger partial charge in [-0.2, -0.15) is 0 Å². The SMILES string of the molecule is CO[Si]1(CCCI)OC(C)COCC(C)O1. The average molecular weight is 360 g/mol. The van der Waals surface area contributed by atoms with Crippen LogP contribution in [0.1, 0.15) is 20.3 Å². The molecule has 4 nitrogen and oxygen atoms in total. The summed E-state index contributed by atoms with van der Waals surface area (Å²) in [5.74, 6) is 0. The fraction of sp³-hybridized carbons (Fsp3) is 1.00. The maximum atomic E-state index is 5.97. The summed E-state index contributed by atoms with van der Waals surface area (Å²) in [5, 5.41) is 0.